The third-order valence-electron chi connectivity index (χ3n) is 2.05. The van der Waals surface area contributed by atoms with Gasteiger partial charge in [-0.2, -0.15) is 0 Å². The van der Waals surface area contributed by atoms with Crippen molar-refractivity contribution >= 4 is 47.0 Å². The molecule has 1 aromatic heterocycles. The normalized spacial score (nSPS) is 10.9. The Morgan fingerprint density at radius 1 is 1.36 bits per heavy atom. The van der Waals surface area contributed by atoms with Gasteiger partial charge in [-0.15, -0.1) is 0 Å². The number of pyridine rings is 1. The number of nitrogens with zero attached hydrogens (tertiary/aromatic N) is 3. The fraction of sp³-hybridized carbons (Fsp3) is 0.300. The second-order valence-electron chi connectivity index (χ2n) is 2.87. The molecule has 0 amide bonds. The second-order valence-corrected chi connectivity index (χ2v) is 3.89. The van der Waals surface area contributed by atoms with Gasteiger partial charge in [0.1, 0.15) is 9.39 Å². The van der Waals surface area contributed by atoms with Crippen LogP contribution in [0.4, 0.5) is 11.5 Å². The predicted octanol–water partition coefficient (Wildman–Crippen LogP) is 3.36. The predicted molar refractivity (Wildman–Crippen MR) is 69.5 cm³/mol. The molecule has 0 bridgehead atoms. The minimum atomic E-state index is 0.607. The smallest absolute Gasteiger partial charge is 0.178 e. The summed E-state index contributed by atoms with van der Waals surface area (Å²) in [7, 11) is 0. The van der Waals surface area contributed by atoms with Crippen LogP contribution in [0.5, 0.6) is 0 Å². The highest BCUT2D eigenvalue weighted by Crippen LogP contribution is 2.32. The molecule has 0 saturated carbocycles. The summed E-state index contributed by atoms with van der Waals surface area (Å²) in [5, 5.41) is 0. The minimum Gasteiger partial charge on any atom is -0.257 e. The van der Waals surface area contributed by atoms with Gasteiger partial charge in [-0.1, -0.05) is 0 Å². The van der Waals surface area contributed by atoms with E-state index in [1.807, 2.05) is 20.8 Å². The lowest BCUT2D eigenvalue weighted by Gasteiger charge is -2.08. The highest BCUT2D eigenvalue weighted by atomic mass is 127. The molecule has 14 heavy (non-hydrogen) atoms. The third-order valence-corrected chi connectivity index (χ3v) is 3.10. The zero-order valence-corrected chi connectivity index (χ0v) is 10.7. The first-order chi connectivity index (χ1) is 6.61. The van der Waals surface area contributed by atoms with Gasteiger partial charge in [0.15, 0.2) is 5.82 Å². The first-order valence-corrected chi connectivity index (χ1v) is 5.31. The monoisotopic (exact) mass is 301 g/mol. The van der Waals surface area contributed by atoms with Gasteiger partial charge in [0.05, 0.1) is 0 Å². The topological polar surface area (TPSA) is 37.6 Å². The van der Waals surface area contributed by atoms with Gasteiger partial charge in [-0.05, 0) is 61.2 Å². The lowest BCUT2D eigenvalue weighted by atomic mass is 10.1. The quantitative estimate of drug-likeness (QED) is 0.469. The first-order valence-electron chi connectivity index (χ1n) is 4.24. The Labute approximate surface area is 97.5 Å². The molecule has 0 aromatic carbocycles. The lowest BCUT2D eigenvalue weighted by Crippen LogP contribution is -1.92. The van der Waals surface area contributed by atoms with E-state index in [1.165, 1.54) is 0 Å². The van der Waals surface area contributed by atoms with Crippen molar-refractivity contribution in [2.45, 2.75) is 20.8 Å². The summed E-state index contributed by atoms with van der Waals surface area (Å²) < 4.78 is 0.956. The Morgan fingerprint density at radius 3 is 2.50 bits per heavy atom. The maximum Gasteiger partial charge on any atom is 0.178 e. The van der Waals surface area contributed by atoms with Crippen molar-refractivity contribution in [3.63, 3.8) is 0 Å². The zero-order chi connectivity index (χ0) is 10.7. The van der Waals surface area contributed by atoms with Crippen LogP contribution < -0.4 is 0 Å². The van der Waals surface area contributed by atoms with Crippen LogP contribution in [0.25, 0.3) is 0 Å². The summed E-state index contributed by atoms with van der Waals surface area (Å²) >= 11 is 2.19. The molecule has 0 spiro atoms. The molecule has 0 saturated heterocycles. The van der Waals surface area contributed by atoms with E-state index in [0.717, 1.165) is 20.5 Å². The Hall–Kier alpha value is -0.780. The summed E-state index contributed by atoms with van der Waals surface area (Å²) in [5.41, 5.74) is 3.09. The van der Waals surface area contributed by atoms with Crippen molar-refractivity contribution in [3.8, 4) is 0 Å². The maximum atomic E-state index is 4.31. The summed E-state index contributed by atoms with van der Waals surface area (Å²) in [6.45, 7) is 9.43. The van der Waals surface area contributed by atoms with Crippen molar-refractivity contribution in [2.24, 2.45) is 9.98 Å². The van der Waals surface area contributed by atoms with Gasteiger partial charge in [-0.25, -0.2) is 9.98 Å². The zero-order valence-electron chi connectivity index (χ0n) is 8.50. The molecule has 0 aliphatic heterocycles. The molecule has 0 atom stereocenters. The molecule has 74 valence electrons. The molecule has 0 aliphatic rings. The van der Waals surface area contributed by atoms with E-state index in [0.29, 0.717) is 5.82 Å². The van der Waals surface area contributed by atoms with Crippen molar-refractivity contribution < 1.29 is 0 Å². The molecule has 0 aliphatic carbocycles. The average molecular weight is 301 g/mol. The molecule has 4 heteroatoms. The van der Waals surface area contributed by atoms with Crippen LogP contribution in [0.3, 0.4) is 0 Å². The molecule has 0 radical (unpaired) electrons. The van der Waals surface area contributed by atoms with Gasteiger partial charge >= 0.3 is 0 Å². The summed E-state index contributed by atoms with van der Waals surface area (Å²) in [4.78, 5) is 12.4. The van der Waals surface area contributed by atoms with Crippen LogP contribution in [0.2, 0.25) is 0 Å². The van der Waals surface area contributed by atoms with E-state index in [-0.39, 0.29) is 0 Å². The highest BCUT2D eigenvalue weighted by Gasteiger charge is 2.10. The van der Waals surface area contributed by atoms with E-state index in [2.05, 4.69) is 44.3 Å². The molecule has 1 rings (SSSR count). The van der Waals surface area contributed by atoms with Crippen molar-refractivity contribution in [3.05, 3.63) is 14.8 Å². The van der Waals surface area contributed by atoms with E-state index >= 15 is 0 Å². The number of aromatic nitrogens is 1. The molecule has 1 heterocycles. The van der Waals surface area contributed by atoms with Crippen LogP contribution in [0.1, 0.15) is 18.1 Å². The number of aliphatic imine (C=N–C) groups is 2. The third kappa shape index (κ3) is 2.00. The van der Waals surface area contributed by atoms with E-state index in [9.17, 15) is 0 Å². The van der Waals surface area contributed by atoms with Gasteiger partial charge in [0, 0.05) is 6.21 Å². The SMILES string of the molecule is C=Nc1nc(I)c(C)c(C)c1/N=C\C. The number of hydrogen-bond donors (Lipinski definition) is 0. The number of halogens is 1. The molecular weight excluding hydrogens is 289 g/mol. The van der Waals surface area contributed by atoms with Gasteiger partial charge in [0.25, 0.3) is 0 Å². The summed E-state index contributed by atoms with van der Waals surface area (Å²) in [5.74, 6) is 0.607. The van der Waals surface area contributed by atoms with Crippen LogP contribution >= 0.6 is 22.6 Å². The highest BCUT2D eigenvalue weighted by molar-refractivity contribution is 14.1. The Balaban J connectivity index is 3.52. The molecule has 0 fully saturated rings. The van der Waals surface area contributed by atoms with Gasteiger partial charge in [-0.3, -0.25) is 4.99 Å². The molecule has 0 unspecified atom stereocenters. The van der Waals surface area contributed by atoms with E-state index < -0.39 is 0 Å². The van der Waals surface area contributed by atoms with E-state index in [1.54, 1.807) is 6.21 Å². The maximum absolute atomic E-state index is 4.31. The molecule has 3 nitrogen and oxygen atoms in total. The van der Waals surface area contributed by atoms with Crippen LogP contribution in [0, 0.1) is 17.5 Å². The van der Waals surface area contributed by atoms with E-state index in [4.69, 9.17) is 0 Å². The fourth-order valence-electron chi connectivity index (χ4n) is 1.12. The van der Waals surface area contributed by atoms with Crippen molar-refractivity contribution in [1.29, 1.82) is 0 Å². The van der Waals surface area contributed by atoms with Gasteiger partial charge in [0.2, 0.25) is 0 Å². The minimum absolute atomic E-state index is 0.607. The second kappa shape index (κ2) is 4.63. The first kappa shape index (κ1) is 11.3. The standard InChI is InChI=1S/C10H12IN3/c1-5-13-8-6(2)7(3)9(11)14-10(8)12-4/h5H,4H2,1-3H3/b13-5-. The summed E-state index contributed by atoms with van der Waals surface area (Å²) in [6.07, 6.45) is 1.74. The van der Waals surface area contributed by atoms with Gasteiger partial charge < -0.3 is 0 Å². The summed E-state index contributed by atoms with van der Waals surface area (Å²) in [6, 6.07) is 0. The largest absolute Gasteiger partial charge is 0.257 e. The Kier molecular flexibility index (Phi) is 3.74. The lowest BCUT2D eigenvalue weighted by molar-refractivity contribution is 1.15. The molecule has 0 N–H and O–H groups in total. The number of hydrogen-bond acceptors (Lipinski definition) is 3. The Morgan fingerprint density at radius 2 is 2.00 bits per heavy atom. The number of rotatable bonds is 2. The van der Waals surface area contributed by atoms with Crippen LogP contribution in [-0.2, 0) is 0 Å². The molecular formula is C10H12IN3. The van der Waals surface area contributed by atoms with Crippen LogP contribution in [0.15, 0.2) is 9.98 Å². The fourth-order valence-corrected chi connectivity index (χ4v) is 1.76. The van der Waals surface area contributed by atoms with Crippen molar-refractivity contribution in [2.75, 3.05) is 0 Å². The van der Waals surface area contributed by atoms with Crippen molar-refractivity contribution in [1.82, 2.24) is 4.98 Å². The average Bonchev–Trinajstić information content (AvgIpc) is 2.19. The molecule has 1 aromatic rings. The van der Waals surface area contributed by atoms with Crippen LogP contribution in [-0.4, -0.2) is 17.9 Å². The Bertz CT molecular complexity index is 397.